The van der Waals surface area contributed by atoms with E-state index in [1.54, 1.807) is 0 Å². The molecule has 0 spiro atoms. The smallest absolute Gasteiger partial charge is 0.414 e. The number of likely N-dealkylation sites (tertiary alicyclic amines) is 1. The predicted octanol–water partition coefficient (Wildman–Crippen LogP) is 1.51. The number of rotatable bonds is 2. The van der Waals surface area contributed by atoms with Gasteiger partial charge in [0.15, 0.2) is 0 Å². The molecule has 1 aliphatic rings. The van der Waals surface area contributed by atoms with Crippen LogP contribution in [0.25, 0.3) is 0 Å². The zero-order valence-corrected chi connectivity index (χ0v) is 8.09. The number of β-lactam (4-membered cyclic amide) rings is 1. The number of imide groups is 1. The average molecular weight is 205 g/mol. The third-order valence-corrected chi connectivity index (χ3v) is 2.56. The molecule has 2 rings (SSSR count). The van der Waals surface area contributed by atoms with Crippen molar-refractivity contribution in [2.45, 2.75) is 18.9 Å². The van der Waals surface area contributed by atoms with Gasteiger partial charge in [-0.05, 0) is 12.0 Å². The van der Waals surface area contributed by atoms with Crippen LogP contribution in [0.3, 0.4) is 0 Å². The van der Waals surface area contributed by atoms with Crippen molar-refractivity contribution in [2.24, 2.45) is 0 Å². The number of amides is 2. The quantitative estimate of drug-likeness (QED) is 0.744. The third kappa shape index (κ3) is 1.83. The molecule has 0 aliphatic carbocycles. The molecule has 1 atom stereocenters. The van der Waals surface area contributed by atoms with Crippen LogP contribution in [0.1, 0.15) is 12.0 Å². The van der Waals surface area contributed by atoms with Gasteiger partial charge in [-0.15, -0.1) is 0 Å². The molecule has 1 aliphatic heterocycles. The van der Waals surface area contributed by atoms with Gasteiger partial charge in [-0.1, -0.05) is 30.3 Å². The number of carbonyl (C=O) groups excluding carboxylic acids is 1. The molecule has 4 nitrogen and oxygen atoms in total. The van der Waals surface area contributed by atoms with Crippen molar-refractivity contribution in [3.05, 3.63) is 35.9 Å². The second-order valence-electron chi connectivity index (χ2n) is 3.59. The zero-order chi connectivity index (χ0) is 10.8. The Balaban J connectivity index is 2.03. The van der Waals surface area contributed by atoms with Crippen LogP contribution in [0.15, 0.2) is 30.3 Å². The second-order valence-corrected chi connectivity index (χ2v) is 3.59. The first-order valence-corrected chi connectivity index (χ1v) is 4.77. The van der Waals surface area contributed by atoms with Gasteiger partial charge in [-0.3, -0.25) is 4.79 Å². The van der Waals surface area contributed by atoms with Crippen molar-refractivity contribution in [3.63, 3.8) is 0 Å². The van der Waals surface area contributed by atoms with Crippen molar-refractivity contribution in [3.8, 4) is 0 Å². The average Bonchev–Trinajstić information content (AvgIpc) is 2.17. The summed E-state index contributed by atoms with van der Waals surface area (Å²) in [7, 11) is 0. The Morgan fingerprint density at radius 3 is 2.60 bits per heavy atom. The number of benzene rings is 1. The van der Waals surface area contributed by atoms with Crippen molar-refractivity contribution in [1.82, 2.24) is 4.90 Å². The molecule has 0 radical (unpaired) electrons. The van der Waals surface area contributed by atoms with Crippen LogP contribution >= 0.6 is 0 Å². The molecule has 0 saturated carbocycles. The van der Waals surface area contributed by atoms with Gasteiger partial charge in [0.1, 0.15) is 0 Å². The molecule has 0 aromatic heterocycles. The first kappa shape index (κ1) is 9.71. The van der Waals surface area contributed by atoms with E-state index in [1.807, 2.05) is 30.3 Å². The minimum atomic E-state index is -1.15. The number of carbonyl (C=O) groups is 2. The molecule has 0 bridgehead atoms. The highest BCUT2D eigenvalue weighted by atomic mass is 16.4. The Labute approximate surface area is 87.1 Å². The van der Waals surface area contributed by atoms with Gasteiger partial charge >= 0.3 is 6.09 Å². The highest BCUT2D eigenvalue weighted by Gasteiger charge is 2.40. The van der Waals surface area contributed by atoms with Crippen LogP contribution < -0.4 is 0 Å². The van der Waals surface area contributed by atoms with E-state index >= 15 is 0 Å². The van der Waals surface area contributed by atoms with E-state index in [0.717, 1.165) is 10.5 Å². The number of carboxylic acid groups (broad SMARTS) is 1. The summed E-state index contributed by atoms with van der Waals surface area (Å²) in [6, 6.07) is 9.40. The summed E-state index contributed by atoms with van der Waals surface area (Å²) in [6.45, 7) is 0. The van der Waals surface area contributed by atoms with E-state index in [2.05, 4.69) is 0 Å². The molecule has 1 aromatic carbocycles. The third-order valence-electron chi connectivity index (χ3n) is 2.56. The first-order chi connectivity index (χ1) is 7.18. The monoisotopic (exact) mass is 205 g/mol. The topological polar surface area (TPSA) is 57.6 Å². The maximum absolute atomic E-state index is 11.0. The summed E-state index contributed by atoms with van der Waals surface area (Å²) in [6.07, 6.45) is -0.202. The number of hydrogen-bond donors (Lipinski definition) is 1. The summed E-state index contributed by atoms with van der Waals surface area (Å²) in [5.41, 5.74) is 1.06. The Bertz CT molecular complexity index is 380. The van der Waals surface area contributed by atoms with E-state index in [1.165, 1.54) is 0 Å². The number of nitrogens with zero attached hydrogens (tertiary/aromatic N) is 1. The summed E-state index contributed by atoms with van der Waals surface area (Å²) >= 11 is 0. The summed E-state index contributed by atoms with van der Waals surface area (Å²) < 4.78 is 0. The van der Waals surface area contributed by atoms with E-state index in [0.29, 0.717) is 12.8 Å². The van der Waals surface area contributed by atoms with Gasteiger partial charge in [0.2, 0.25) is 5.91 Å². The molecule has 1 saturated heterocycles. The van der Waals surface area contributed by atoms with Crippen LogP contribution in [0.5, 0.6) is 0 Å². The lowest BCUT2D eigenvalue weighted by molar-refractivity contribution is -0.141. The lowest BCUT2D eigenvalue weighted by Gasteiger charge is -2.36. The van der Waals surface area contributed by atoms with Crippen LogP contribution in [-0.2, 0) is 11.2 Å². The fraction of sp³-hybridized carbons (Fsp3) is 0.273. The molecule has 15 heavy (non-hydrogen) atoms. The van der Waals surface area contributed by atoms with Crippen LogP contribution in [0.4, 0.5) is 4.79 Å². The molecular formula is C11H11NO3. The fourth-order valence-electron chi connectivity index (χ4n) is 1.79. The number of hydrogen-bond acceptors (Lipinski definition) is 2. The van der Waals surface area contributed by atoms with Gasteiger partial charge < -0.3 is 5.11 Å². The fourth-order valence-corrected chi connectivity index (χ4v) is 1.79. The summed E-state index contributed by atoms with van der Waals surface area (Å²) in [4.78, 5) is 22.6. The molecule has 1 heterocycles. The maximum Gasteiger partial charge on any atom is 0.414 e. The summed E-state index contributed by atoms with van der Waals surface area (Å²) in [5.74, 6) is -0.302. The van der Waals surface area contributed by atoms with E-state index in [9.17, 15) is 9.59 Å². The Kier molecular flexibility index (Phi) is 2.41. The minimum Gasteiger partial charge on any atom is -0.465 e. The van der Waals surface area contributed by atoms with Gasteiger partial charge in [-0.25, -0.2) is 9.69 Å². The first-order valence-electron chi connectivity index (χ1n) is 4.77. The van der Waals surface area contributed by atoms with Gasteiger partial charge in [0, 0.05) is 6.42 Å². The van der Waals surface area contributed by atoms with Crippen molar-refractivity contribution in [2.75, 3.05) is 0 Å². The Morgan fingerprint density at radius 1 is 1.40 bits per heavy atom. The molecule has 1 N–H and O–H groups in total. The molecule has 78 valence electrons. The van der Waals surface area contributed by atoms with Gasteiger partial charge in [0.25, 0.3) is 0 Å². The predicted molar refractivity (Wildman–Crippen MR) is 53.4 cm³/mol. The van der Waals surface area contributed by atoms with Crippen molar-refractivity contribution in [1.29, 1.82) is 0 Å². The molecular weight excluding hydrogens is 194 g/mol. The Morgan fingerprint density at radius 2 is 2.07 bits per heavy atom. The highest BCUT2D eigenvalue weighted by Crippen LogP contribution is 2.22. The lowest BCUT2D eigenvalue weighted by atomic mass is 9.95. The highest BCUT2D eigenvalue weighted by molar-refractivity contribution is 5.96. The standard InChI is InChI=1S/C11H11NO3/c13-10-7-9(12(10)11(14)15)6-8-4-2-1-3-5-8/h1-5,9H,6-7H2,(H,14,15)/t9-/m0/s1. The molecule has 2 amide bonds. The zero-order valence-electron chi connectivity index (χ0n) is 8.09. The van der Waals surface area contributed by atoms with Crippen molar-refractivity contribution >= 4 is 12.0 Å². The van der Waals surface area contributed by atoms with Crippen LogP contribution in [0, 0.1) is 0 Å². The Hall–Kier alpha value is -1.84. The lowest BCUT2D eigenvalue weighted by Crippen LogP contribution is -2.56. The molecule has 4 heteroatoms. The van der Waals surface area contributed by atoms with Gasteiger partial charge in [0.05, 0.1) is 6.04 Å². The van der Waals surface area contributed by atoms with Crippen LogP contribution in [-0.4, -0.2) is 28.0 Å². The minimum absolute atomic E-state index is 0.183. The van der Waals surface area contributed by atoms with Crippen LogP contribution in [0.2, 0.25) is 0 Å². The van der Waals surface area contributed by atoms with E-state index in [-0.39, 0.29) is 11.9 Å². The van der Waals surface area contributed by atoms with E-state index < -0.39 is 6.09 Å². The molecule has 1 aromatic rings. The van der Waals surface area contributed by atoms with Gasteiger partial charge in [-0.2, -0.15) is 0 Å². The molecule has 0 unspecified atom stereocenters. The molecule has 1 fully saturated rings. The largest absolute Gasteiger partial charge is 0.465 e. The van der Waals surface area contributed by atoms with Crippen molar-refractivity contribution < 1.29 is 14.7 Å². The SMILES string of the molecule is O=C(O)N1C(=O)C[C@@H]1Cc1ccccc1. The second kappa shape index (κ2) is 3.73. The van der Waals surface area contributed by atoms with E-state index in [4.69, 9.17) is 5.11 Å². The maximum atomic E-state index is 11.0. The normalized spacial score (nSPS) is 19.9. The summed E-state index contributed by atoms with van der Waals surface area (Å²) in [5, 5.41) is 8.76.